The molecular weight excluding hydrogens is 204 g/mol. The van der Waals surface area contributed by atoms with Crippen LogP contribution >= 0.6 is 0 Å². The quantitative estimate of drug-likeness (QED) is 0.817. The van der Waals surface area contributed by atoms with Crippen molar-refractivity contribution in [3.63, 3.8) is 0 Å². The van der Waals surface area contributed by atoms with E-state index in [-0.39, 0.29) is 6.09 Å². The van der Waals surface area contributed by atoms with Crippen LogP contribution in [0.2, 0.25) is 0 Å². The Balaban J connectivity index is 1.72. The van der Waals surface area contributed by atoms with Gasteiger partial charge in [0.15, 0.2) is 0 Å². The summed E-state index contributed by atoms with van der Waals surface area (Å²) in [6.45, 7) is 2.46. The zero-order valence-corrected chi connectivity index (χ0v) is 9.11. The van der Waals surface area contributed by atoms with E-state index in [1.807, 2.05) is 30.3 Å². The Kier molecular flexibility index (Phi) is 3.77. The van der Waals surface area contributed by atoms with Gasteiger partial charge in [0.05, 0.1) is 6.61 Å². The minimum absolute atomic E-state index is 0.377. The molecule has 1 amide bonds. The van der Waals surface area contributed by atoms with Gasteiger partial charge in [0.25, 0.3) is 0 Å². The Morgan fingerprint density at radius 1 is 1.44 bits per heavy atom. The zero-order chi connectivity index (χ0) is 11.2. The highest BCUT2D eigenvalue weighted by molar-refractivity contribution is 5.84. The third-order valence-electron chi connectivity index (χ3n) is 2.63. The second-order valence-electron chi connectivity index (χ2n) is 3.95. The molecule has 1 saturated heterocycles. The molecule has 2 rings (SSSR count). The van der Waals surface area contributed by atoms with Gasteiger partial charge < -0.3 is 10.1 Å². The van der Waals surface area contributed by atoms with Gasteiger partial charge in [-0.25, -0.2) is 4.79 Å². The van der Waals surface area contributed by atoms with E-state index >= 15 is 0 Å². The number of rotatable bonds is 3. The number of benzene rings is 1. The number of hydrogen-bond donors (Lipinski definition) is 2. The number of anilines is 1. The van der Waals surface area contributed by atoms with E-state index in [1.54, 1.807) is 0 Å². The summed E-state index contributed by atoms with van der Waals surface area (Å²) in [5.41, 5.74) is 0.761. The molecule has 2 N–H and O–H groups in total. The van der Waals surface area contributed by atoms with Crippen molar-refractivity contribution >= 4 is 11.8 Å². The standard InChI is InChI=1S/C12H16N2O2/c15-12(14-11-4-2-1-3-5-11)16-9-10-6-7-13-8-10/h1-5,10,13H,6-9H2,(H,14,15). The molecule has 4 nitrogen and oxygen atoms in total. The maximum atomic E-state index is 11.4. The zero-order valence-electron chi connectivity index (χ0n) is 9.11. The van der Waals surface area contributed by atoms with Crippen molar-refractivity contribution in [1.82, 2.24) is 5.32 Å². The summed E-state index contributed by atoms with van der Waals surface area (Å²) in [4.78, 5) is 11.4. The van der Waals surface area contributed by atoms with Crippen LogP contribution in [-0.2, 0) is 4.74 Å². The van der Waals surface area contributed by atoms with Crippen molar-refractivity contribution in [2.24, 2.45) is 5.92 Å². The first-order chi connectivity index (χ1) is 7.84. The molecule has 0 aromatic heterocycles. The summed E-state index contributed by atoms with van der Waals surface area (Å²) < 4.78 is 5.14. The normalized spacial score (nSPS) is 19.4. The van der Waals surface area contributed by atoms with Gasteiger partial charge in [-0.15, -0.1) is 0 Å². The lowest BCUT2D eigenvalue weighted by Crippen LogP contribution is -2.20. The fraction of sp³-hybridized carbons (Fsp3) is 0.417. The first-order valence-corrected chi connectivity index (χ1v) is 5.54. The molecule has 0 spiro atoms. The van der Waals surface area contributed by atoms with Crippen LogP contribution in [0.15, 0.2) is 30.3 Å². The molecule has 0 radical (unpaired) electrons. The van der Waals surface area contributed by atoms with Gasteiger partial charge in [-0.3, -0.25) is 5.32 Å². The van der Waals surface area contributed by atoms with E-state index in [9.17, 15) is 4.79 Å². The lowest BCUT2D eigenvalue weighted by molar-refractivity contribution is 0.144. The van der Waals surface area contributed by atoms with Crippen LogP contribution in [-0.4, -0.2) is 25.8 Å². The summed E-state index contributed by atoms with van der Waals surface area (Å²) >= 11 is 0. The minimum atomic E-state index is -0.377. The Hall–Kier alpha value is -1.55. The van der Waals surface area contributed by atoms with E-state index < -0.39 is 0 Å². The molecule has 0 bridgehead atoms. The van der Waals surface area contributed by atoms with Gasteiger partial charge >= 0.3 is 6.09 Å². The lowest BCUT2D eigenvalue weighted by Gasteiger charge is -2.10. The fourth-order valence-electron chi connectivity index (χ4n) is 1.73. The van der Waals surface area contributed by atoms with E-state index in [0.29, 0.717) is 12.5 Å². The van der Waals surface area contributed by atoms with Crippen LogP contribution < -0.4 is 10.6 Å². The molecule has 1 aromatic rings. The summed E-state index contributed by atoms with van der Waals surface area (Å²) in [5, 5.41) is 5.92. The Labute approximate surface area is 95.0 Å². The predicted octanol–water partition coefficient (Wildman–Crippen LogP) is 1.84. The second kappa shape index (κ2) is 5.51. The lowest BCUT2D eigenvalue weighted by atomic mass is 10.1. The van der Waals surface area contributed by atoms with Crippen LogP contribution in [0.5, 0.6) is 0 Å². The SMILES string of the molecule is O=C(Nc1ccccc1)OCC1CCNC1. The molecule has 1 heterocycles. The molecule has 1 aromatic carbocycles. The van der Waals surface area contributed by atoms with Crippen molar-refractivity contribution in [3.8, 4) is 0 Å². The Bertz CT molecular complexity index is 334. The number of carbonyl (C=O) groups excluding carboxylic acids is 1. The highest BCUT2D eigenvalue weighted by Crippen LogP contribution is 2.09. The predicted molar refractivity (Wildman–Crippen MR) is 62.4 cm³/mol. The van der Waals surface area contributed by atoms with Crippen molar-refractivity contribution in [1.29, 1.82) is 0 Å². The van der Waals surface area contributed by atoms with Gasteiger partial charge in [-0.2, -0.15) is 0 Å². The molecule has 0 aliphatic carbocycles. The Morgan fingerprint density at radius 2 is 2.25 bits per heavy atom. The minimum Gasteiger partial charge on any atom is -0.449 e. The topological polar surface area (TPSA) is 50.4 Å². The first-order valence-electron chi connectivity index (χ1n) is 5.54. The number of amides is 1. The van der Waals surface area contributed by atoms with Crippen molar-refractivity contribution in [3.05, 3.63) is 30.3 Å². The molecule has 1 atom stereocenters. The summed E-state index contributed by atoms with van der Waals surface area (Å²) in [6.07, 6.45) is 0.705. The third kappa shape index (κ3) is 3.24. The van der Waals surface area contributed by atoms with Gasteiger partial charge in [0.1, 0.15) is 0 Å². The van der Waals surface area contributed by atoms with Crippen molar-refractivity contribution < 1.29 is 9.53 Å². The van der Waals surface area contributed by atoms with Crippen LogP contribution in [0.1, 0.15) is 6.42 Å². The number of hydrogen-bond acceptors (Lipinski definition) is 3. The van der Waals surface area contributed by atoms with Crippen LogP contribution in [0.3, 0.4) is 0 Å². The highest BCUT2D eigenvalue weighted by Gasteiger charge is 2.16. The number of nitrogens with one attached hydrogen (secondary N) is 2. The molecule has 0 saturated carbocycles. The molecule has 1 unspecified atom stereocenters. The number of carbonyl (C=O) groups is 1. The van der Waals surface area contributed by atoms with E-state index in [2.05, 4.69) is 10.6 Å². The largest absolute Gasteiger partial charge is 0.449 e. The Morgan fingerprint density at radius 3 is 2.94 bits per heavy atom. The smallest absolute Gasteiger partial charge is 0.411 e. The average Bonchev–Trinajstić information content (AvgIpc) is 2.81. The molecule has 1 fully saturated rings. The summed E-state index contributed by atoms with van der Waals surface area (Å²) in [6, 6.07) is 9.31. The number of para-hydroxylation sites is 1. The summed E-state index contributed by atoms with van der Waals surface area (Å²) in [5.74, 6) is 0.460. The fourth-order valence-corrected chi connectivity index (χ4v) is 1.73. The van der Waals surface area contributed by atoms with Crippen LogP contribution in [0.4, 0.5) is 10.5 Å². The van der Waals surface area contributed by atoms with Gasteiger partial charge in [0.2, 0.25) is 0 Å². The third-order valence-corrected chi connectivity index (χ3v) is 2.63. The molecular formula is C12H16N2O2. The van der Waals surface area contributed by atoms with Crippen molar-refractivity contribution in [2.75, 3.05) is 25.0 Å². The van der Waals surface area contributed by atoms with Crippen LogP contribution in [0, 0.1) is 5.92 Å². The maximum Gasteiger partial charge on any atom is 0.411 e. The molecule has 16 heavy (non-hydrogen) atoms. The monoisotopic (exact) mass is 220 g/mol. The van der Waals surface area contributed by atoms with E-state index in [0.717, 1.165) is 25.2 Å². The number of ether oxygens (including phenoxy) is 1. The van der Waals surface area contributed by atoms with E-state index in [4.69, 9.17) is 4.74 Å². The molecule has 1 aliphatic heterocycles. The maximum absolute atomic E-state index is 11.4. The molecule has 1 aliphatic rings. The van der Waals surface area contributed by atoms with E-state index in [1.165, 1.54) is 0 Å². The van der Waals surface area contributed by atoms with Gasteiger partial charge in [-0.05, 0) is 25.1 Å². The molecule has 86 valence electrons. The van der Waals surface area contributed by atoms with Gasteiger partial charge in [-0.1, -0.05) is 18.2 Å². The molecule has 4 heteroatoms. The highest BCUT2D eigenvalue weighted by atomic mass is 16.5. The average molecular weight is 220 g/mol. The second-order valence-corrected chi connectivity index (χ2v) is 3.95. The first kappa shape index (κ1) is 11.0. The van der Waals surface area contributed by atoms with Crippen LogP contribution in [0.25, 0.3) is 0 Å². The van der Waals surface area contributed by atoms with Crippen molar-refractivity contribution in [2.45, 2.75) is 6.42 Å². The summed E-state index contributed by atoms with van der Waals surface area (Å²) in [7, 11) is 0. The van der Waals surface area contributed by atoms with Gasteiger partial charge in [0, 0.05) is 18.2 Å².